The Bertz CT molecular complexity index is 778. The van der Waals surface area contributed by atoms with Crippen molar-refractivity contribution in [2.75, 3.05) is 18.1 Å². The molecule has 0 aliphatic heterocycles. The van der Waals surface area contributed by atoms with Gasteiger partial charge in [0.15, 0.2) is 0 Å². The van der Waals surface area contributed by atoms with E-state index in [9.17, 15) is 14.7 Å². The lowest BCUT2D eigenvalue weighted by atomic mass is 9.98. The molecule has 27 heavy (non-hydrogen) atoms. The molecule has 0 heterocycles. The van der Waals surface area contributed by atoms with Gasteiger partial charge in [0.05, 0.1) is 0 Å². The molecule has 2 aromatic rings. The molecule has 0 bridgehead atoms. The molecule has 1 atom stereocenters. The van der Waals surface area contributed by atoms with Gasteiger partial charge in [-0.15, -0.1) is 0 Å². The number of carboxylic acid groups (broad SMARTS) is 1. The lowest BCUT2D eigenvalue weighted by Gasteiger charge is -2.17. The first-order valence-electron chi connectivity index (χ1n) is 9.04. The van der Waals surface area contributed by atoms with Crippen molar-refractivity contribution in [1.29, 1.82) is 0 Å². The molecule has 1 unspecified atom stereocenters. The second-order valence-electron chi connectivity index (χ2n) is 6.35. The molecule has 0 radical (unpaired) electrons. The standard InChI is InChI=1S/C21H23NO4S/c1-2-27-12-11-19(20(23)24)22-21(25)26-13-18-16-9-5-3-7-14(16)15-8-4-6-10-17(15)18/h3-10,18-19H,2,11-13H2,1H3,(H,22,25)(H,23,24). The van der Waals surface area contributed by atoms with Gasteiger partial charge in [0.25, 0.3) is 0 Å². The molecule has 1 amide bonds. The summed E-state index contributed by atoms with van der Waals surface area (Å²) in [5.74, 6) is 0.510. The Kier molecular flexibility index (Phi) is 6.40. The number of alkyl carbamates (subject to hydrolysis) is 1. The zero-order valence-electron chi connectivity index (χ0n) is 15.2. The van der Waals surface area contributed by atoms with Gasteiger partial charge in [0.1, 0.15) is 12.6 Å². The fourth-order valence-electron chi connectivity index (χ4n) is 3.39. The minimum atomic E-state index is -1.04. The molecular formula is C21H23NO4S. The number of fused-ring (bicyclic) bond motifs is 3. The monoisotopic (exact) mass is 385 g/mol. The number of aliphatic carboxylic acids is 1. The van der Waals surface area contributed by atoms with Crippen LogP contribution in [0.1, 0.15) is 30.4 Å². The summed E-state index contributed by atoms with van der Waals surface area (Å²) >= 11 is 1.64. The quantitative estimate of drug-likeness (QED) is 0.669. The topological polar surface area (TPSA) is 75.6 Å². The maximum atomic E-state index is 12.2. The van der Waals surface area contributed by atoms with Crippen LogP contribution >= 0.6 is 11.8 Å². The molecule has 0 saturated heterocycles. The van der Waals surface area contributed by atoms with E-state index in [0.717, 1.165) is 28.0 Å². The molecule has 3 rings (SSSR count). The number of rotatable bonds is 8. The van der Waals surface area contributed by atoms with E-state index in [-0.39, 0.29) is 12.5 Å². The van der Waals surface area contributed by atoms with Crippen molar-refractivity contribution in [3.8, 4) is 11.1 Å². The number of ether oxygens (including phenoxy) is 1. The second kappa shape index (κ2) is 8.95. The minimum absolute atomic E-state index is 0.0397. The average molecular weight is 385 g/mol. The molecular weight excluding hydrogens is 362 g/mol. The number of amides is 1. The SMILES string of the molecule is CCSCCC(NC(=O)OCC1c2ccccc2-c2ccccc21)C(=O)O. The molecule has 0 aromatic heterocycles. The van der Waals surface area contributed by atoms with Crippen LogP contribution in [0.3, 0.4) is 0 Å². The Morgan fingerprint density at radius 3 is 2.26 bits per heavy atom. The van der Waals surface area contributed by atoms with E-state index in [4.69, 9.17) is 4.74 Å². The Balaban J connectivity index is 1.64. The van der Waals surface area contributed by atoms with Crippen LogP contribution in [0.4, 0.5) is 4.79 Å². The van der Waals surface area contributed by atoms with Gasteiger partial charge in [-0.05, 0) is 40.2 Å². The fourth-order valence-corrected chi connectivity index (χ4v) is 4.08. The lowest BCUT2D eigenvalue weighted by molar-refractivity contribution is -0.139. The van der Waals surface area contributed by atoms with Gasteiger partial charge in [-0.2, -0.15) is 11.8 Å². The van der Waals surface area contributed by atoms with Gasteiger partial charge in [-0.3, -0.25) is 0 Å². The number of benzene rings is 2. The van der Waals surface area contributed by atoms with Crippen molar-refractivity contribution in [3.63, 3.8) is 0 Å². The summed E-state index contributed by atoms with van der Waals surface area (Å²) in [5.41, 5.74) is 4.56. The highest BCUT2D eigenvalue weighted by Gasteiger charge is 2.29. The zero-order chi connectivity index (χ0) is 19.2. The third-order valence-electron chi connectivity index (χ3n) is 4.69. The fraction of sp³-hybridized carbons (Fsp3) is 0.333. The van der Waals surface area contributed by atoms with E-state index < -0.39 is 18.1 Å². The van der Waals surface area contributed by atoms with E-state index in [1.165, 1.54) is 0 Å². The highest BCUT2D eigenvalue weighted by Crippen LogP contribution is 2.44. The molecule has 5 nitrogen and oxygen atoms in total. The van der Waals surface area contributed by atoms with E-state index >= 15 is 0 Å². The molecule has 1 aliphatic carbocycles. The van der Waals surface area contributed by atoms with Gasteiger partial charge in [0.2, 0.25) is 0 Å². The average Bonchev–Trinajstić information content (AvgIpc) is 2.99. The smallest absolute Gasteiger partial charge is 0.407 e. The van der Waals surface area contributed by atoms with Crippen molar-refractivity contribution in [1.82, 2.24) is 5.32 Å². The summed E-state index contributed by atoms with van der Waals surface area (Å²) in [5, 5.41) is 11.8. The number of carboxylic acids is 1. The Morgan fingerprint density at radius 2 is 1.70 bits per heavy atom. The lowest BCUT2D eigenvalue weighted by Crippen LogP contribution is -2.41. The van der Waals surface area contributed by atoms with Gasteiger partial charge in [-0.25, -0.2) is 9.59 Å². The Hall–Kier alpha value is -2.47. The normalized spacial score (nSPS) is 13.5. The Morgan fingerprint density at radius 1 is 1.11 bits per heavy atom. The maximum absolute atomic E-state index is 12.2. The summed E-state index contributed by atoms with van der Waals surface area (Å²) < 4.78 is 5.41. The molecule has 0 spiro atoms. The van der Waals surface area contributed by atoms with Crippen LogP contribution in [0.5, 0.6) is 0 Å². The molecule has 142 valence electrons. The van der Waals surface area contributed by atoms with Crippen LogP contribution in [0, 0.1) is 0 Å². The van der Waals surface area contributed by atoms with Crippen LogP contribution in [-0.2, 0) is 9.53 Å². The van der Waals surface area contributed by atoms with Crippen LogP contribution in [0.2, 0.25) is 0 Å². The summed E-state index contributed by atoms with van der Waals surface area (Å²) in [6.45, 7) is 2.19. The van der Waals surface area contributed by atoms with E-state index in [2.05, 4.69) is 17.4 Å². The molecule has 1 aliphatic rings. The van der Waals surface area contributed by atoms with Crippen LogP contribution in [-0.4, -0.2) is 41.3 Å². The van der Waals surface area contributed by atoms with Gasteiger partial charge >= 0.3 is 12.1 Å². The van der Waals surface area contributed by atoms with E-state index in [1.807, 2.05) is 43.3 Å². The largest absolute Gasteiger partial charge is 0.480 e. The van der Waals surface area contributed by atoms with Gasteiger partial charge in [0, 0.05) is 5.92 Å². The Labute approximate surface area is 163 Å². The number of hydrogen-bond acceptors (Lipinski definition) is 4. The predicted octanol–water partition coefficient (Wildman–Crippen LogP) is 4.12. The van der Waals surface area contributed by atoms with Crippen molar-refractivity contribution in [2.24, 2.45) is 0 Å². The summed E-state index contributed by atoms with van der Waals surface area (Å²) in [6, 6.07) is 15.2. The molecule has 2 N–H and O–H groups in total. The number of carbonyl (C=O) groups is 2. The first-order valence-corrected chi connectivity index (χ1v) is 10.2. The molecule has 0 saturated carbocycles. The number of hydrogen-bond donors (Lipinski definition) is 2. The van der Waals surface area contributed by atoms with Crippen molar-refractivity contribution >= 4 is 23.8 Å². The first kappa shape index (κ1) is 19.3. The van der Waals surface area contributed by atoms with Gasteiger partial charge < -0.3 is 15.2 Å². The van der Waals surface area contributed by atoms with Crippen molar-refractivity contribution in [2.45, 2.75) is 25.3 Å². The number of nitrogens with one attached hydrogen (secondary N) is 1. The summed E-state index contributed by atoms with van der Waals surface area (Å²) in [4.78, 5) is 23.5. The predicted molar refractivity (Wildman–Crippen MR) is 107 cm³/mol. The third-order valence-corrected chi connectivity index (χ3v) is 5.62. The van der Waals surface area contributed by atoms with Crippen molar-refractivity contribution < 1.29 is 19.4 Å². The minimum Gasteiger partial charge on any atom is -0.480 e. The highest BCUT2D eigenvalue weighted by atomic mass is 32.2. The molecule has 0 fully saturated rings. The number of carbonyl (C=O) groups excluding carboxylic acids is 1. The second-order valence-corrected chi connectivity index (χ2v) is 7.74. The van der Waals surface area contributed by atoms with Crippen LogP contribution in [0.15, 0.2) is 48.5 Å². The highest BCUT2D eigenvalue weighted by molar-refractivity contribution is 7.99. The van der Waals surface area contributed by atoms with Crippen LogP contribution in [0.25, 0.3) is 11.1 Å². The summed E-state index contributed by atoms with van der Waals surface area (Å²) in [6.07, 6.45) is -0.316. The van der Waals surface area contributed by atoms with Gasteiger partial charge in [-0.1, -0.05) is 55.5 Å². The third kappa shape index (κ3) is 4.45. The number of thioether (sulfide) groups is 1. The summed E-state index contributed by atoms with van der Waals surface area (Å²) in [7, 11) is 0. The zero-order valence-corrected chi connectivity index (χ0v) is 16.0. The maximum Gasteiger partial charge on any atom is 0.407 e. The molecule has 6 heteroatoms. The van der Waals surface area contributed by atoms with Crippen LogP contribution < -0.4 is 5.32 Å². The van der Waals surface area contributed by atoms with E-state index in [0.29, 0.717) is 12.2 Å². The van der Waals surface area contributed by atoms with E-state index in [1.54, 1.807) is 11.8 Å². The first-order chi connectivity index (χ1) is 13.1. The van der Waals surface area contributed by atoms with Crippen molar-refractivity contribution in [3.05, 3.63) is 59.7 Å². The molecule has 2 aromatic carbocycles.